The highest BCUT2D eigenvalue weighted by Crippen LogP contribution is 2.42. The van der Waals surface area contributed by atoms with Crippen molar-refractivity contribution >= 4 is 5.91 Å². The number of methoxy groups -OCH3 is 1. The van der Waals surface area contributed by atoms with E-state index in [0.29, 0.717) is 5.92 Å². The first kappa shape index (κ1) is 16.1. The third-order valence-corrected chi connectivity index (χ3v) is 6.11. The van der Waals surface area contributed by atoms with Crippen LogP contribution in [0.25, 0.3) is 0 Å². The van der Waals surface area contributed by atoms with Crippen molar-refractivity contribution in [2.75, 3.05) is 26.8 Å². The van der Waals surface area contributed by atoms with E-state index < -0.39 is 0 Å². The Morgan fingerprint density at radius 1 is 1.38 bits per heavy atom. The normalized spacial score (nSPS) is 26.7. The SMILES string of the molecule is COCC1CCN(C(=O)[C@@H]2Cc3[nH]cnc3C3(CCCC3)N2)CC1. The summed E-state index contributed by atoms with van der Waals surface area (Å²) in [5.41, 5.74) is 2.23. The van der Waals surface area contributed by atoms with Crippen LogP contribution in [-0.4, -0.2) is 53.6 Å². The van der Waals surface area contributed by atoms with Crippen LogP contribution >= 0.6 is 0 Å². The van der Waals surface area contributed by atoms with Crippen molar-refractivity contribution in [2.24, 2.45) is 5.92 Å². The van der Waals surface area contributed by atoms with Gasteiger partial charge in [0.2, 0.25) is 5.91 Å². The molecular formula is C18H28N4O2. The molecule has 0 unspecified atom stereocenters. The number of nitrogens with zero attached hydrogens (tertiary/aromatic N) is 2. The van der Waals surface area contributed by atoms with Gasteiger partial charge in [0.05, 0.1) is 23.6 Å². The number of nitrogens with one attached hydrogen (secondary N) is 2. The molecule has 3 aliphatic rings. The van der Waals surface area contributed by atoms with Crippen LogP contribution in [0.2, 0.25) is 0 Å². The maximum atomic E-state index is 13.1. The first-order valence-corrected chi connectivity index (χ1v) is 9.30. The summed E-state index contributed by atoms with van der Waals surface area (Å²) in [4.78, 5) is 23.0. The summed E-state index contributed by atoms with van der Waals surface area (Å²) in [5.74, 6) is 0.858. The Morgan fingerprint density at radius 2 is 2.12 bits per heavy atom. The molecule has 1 amide bonds. The molecular weight excluding hydrogens is 304 g/mol. The van der Waals surface area contributed by atoms with Gasteiger partial charge in [-0.25, -0.2) is 4.98 Å². The number of piperidine rings is 1. The van der Waals surface area contributed by atoms with Gasteiger partial charge in [0.1, 0.15) is 0 Å². The summed E-state index contributed by atoms with van der Waals surface area (Å²) in [6.45, 7) is 2.52. The molecule has 6 heteroatoms. The average molecular weight is 332 g/mol. The summed E-state index contributed by atoms with van der Waals surface area (Å²) in [5, 5.41) is 3.71. The van der Waals surface area contributed by atoms with Crippen LogP contribution in [0.5, 0.6) is 0 Å². The fourth-order valence-corrected chi connectivity index (χ4v) is 4.83. The van der Waals surface area contributed by atoms with E-state index in [2.05, 4.69) is 15.3 Å². The Balaban J connectivity index is 1.46. The molecule has 1 saturated heterocycles. The van der Waals surface area contributed by atoms with Gasteiger partial charge in [0.25, 0.3) is 0 Å². The highest BCUT2D eigenvalue weighted by atomic mass is 16.5. The number of ether oxygens (including phenoxy) is 1. The van der Waals surface area contributed by atoms with Crippen LogP contribution in [0.15, 0.2) is 6.33 Å². The third kappa shape index (κ3) is 2.75. The highest BCUT2D eigenvalue weighted by molar-refractivity contribution is 5.83. The molecule has 4 rings (SSSR count). The number of aromatic amines is 1. The molecule has 1 aliphatic carbocycles. The number of imidazole rings is 1. The maximum Gasteiger partial charge on any atom is 0.240 e. The fraction of sp³-hybridized carbons (Fsp3) is 0.778. The number of fused-ring (bicyclic) bond motifs is 2. The zero-order valence-electron chi connectivity index (χ0n) is 14.5. The summed E-state index contributed by atoms with van der Waals surface area (Å²) in [6, 6.07) is -0.116. The Labute approximate surface area is 143 Å². The van der Waals surface area contributed by atoms with E-state index >= 15 is 0 Å². The third-order valence-electron chi connectivity index (χ3n) is 6.11. The second kappa shape index (κ2) is 6.48. The minimum Gasteiger partial charge on any atom is -0.384 e. The lowest BCUT2D eigenvalue weighted by Crippen LogP contribution is -2.58. The van der Waals surface area contributed by atoms with E-state index in [1.165, 1.54) is 12.8 Å². The molecule has 6 nitrogen and oxygen atoms in total. The van der Waals surface area contributed by atoms with Crippen LogP contribution in [0, 0.1) is 5.92 Å². The lowest BCUT2D eigenvalue weighted by Gasteiger charge is -2.41. The molecule has 3 heterocycles. The molecule has 0 bridgehead atoms. The summed E-state index contributed by atoms with van der Waals surface area (Å²) in [6.07, 6.45) is 9.21. The first-order valence-electron chi connectivity index (χ1n) is 9.30. The standard InChI is InChI=1S/C18H28N4O2/c1-24-11-13-4-8-22(9-5-13)17(23)15-10-14-16(20-12-19-14)18(21-15)6-2-3-7-18/h12-13,15,21H,2-11H2,1H3,(H,19,20)/t15-/m0/s1. The number of likely N-dealkylation sites (tertiary alicyclic amines) is 1. The smallest absolute Gasteiger partial charge is 0.240 e. The Morgan fingerprint density at radius 3 is 2.83 bits per heavy atom. The number of aromatic nitrogens is 2. The van der Waals surface area contributed by atoms with Gasteiger partial charge in [-0.15, -0.1) is 0 Å². The molecule has 0 radical (unpaired) electrons. The Bertz CT molecular complexity index is 586. The number of hydrogen-bond donors (Lipinski definition) is 2. The lowest BCUT2D eigenvalue weighted by molar-refractivity contribution is -0.136. The molecule has 24 heavy (non-hydrogen) atoms. The van der Waals surface area contributed by atoms with Gasteiger partial charge in [-0.05, 0) is 31.6 Å². The number of carbonyl (C=O) groups is 1. The molecule has 2 N–H and O–H groups in total. The van der Waals surface area contributed by atoms with E-state index in [-0.39, 0.29) is 17.5 Å². The molecule has 0 aromatic carbocycles. The summed E-state index contributed by atoms with van der Waals surface area (Å²) < 4.78 is 5.26. The molecule has 132 valence electrons. The second-order valence-corrected chi connectivity index (χ2v) is 7.64. The molecule has 1 aromatic rings. The molecule has 1 atom stereocenters. The van der Waals surface area contributed by atoms with Crippen LogP contribution in [-0.2, 0) is 21.5 Å². The Hall–Kier alpha value is -1.40. The maximum absolute atomic E-state index is 13.1. The van der Waals surface area contributed by atoms with Crippen molar-refractivity contribution in [3.05, 3.63) is 17.7 Å². The van der Waals surface area contributed by atoms with Gasteiger partial charge in [0, 0.05) is 38.9 Å². The number of amides is 1. The van der Waals surface area contributed by atoms with Crippen molar-refractivity contribution < 1.29 is 9.53 Å². The predicted molar refractivity (Wildman–Crippen MR) is 90.5 cm³/mol. The largest absolute Gasteiger partial charge is 0.384 e. The first-order chi connectivity index (χ1) is 11.7. The van der Waals surface area contributed by atoms with Crippen LogP contribution in [0.1, 0.15) is 49.9 Å². The summed E-state index contributed by atoms with van der Waals surface area (Å²) in [7, 11) is 1.76. The van der Waals surface area contributed by atoms with E-state index in [0.717, 1.165) is 63.2 Å². The van der Waals surface area contributed by atoms with E-state index in [1.54, 1.807) is 13.4 Å². The van der Waals surface area contributed by atoms with Crippen molar-refractivity contribution in [3.63, 3.8) is 0 Å². The van der Waals surface area contributed by atoms with Crippen molar-refractivity contribution in [3.8, 4) is 0 Å². The van der Waals surface area contributed by atoms with E-state index in [1.807, 2.05) is 4.90 Å². The molecule has 2 fully saturated rings. The predicted octanol–water partition coefficient (Wildman–Crippen LogP) is 1.58. The van der Waals surface area contributed by atoms with Crippen LogP contribution < -0.4 is 5.32 Å². The fourth-order valence-electron chi connectivity index (χ4n) is 4.83. The van der Waals surface area contributed by atoms with Gasteiger partial charge in [-0.2, -0.15) is 0 Å². The zero-order valence-corrected chi connectivity index (χ0v) is 14.5. The topological polar surface area (TPSA) is 70.2 Å². The summed E-state index contributed by atoms with van der Waals surface area (Å²) >= 11 is 0. The molecule has 2 aliphatic heterocycles. The van der Waals surface area contributed by atoms with Gasteiger partial charge in [0.15, 0.2) is 0 Å². The molecule has 1 aromatic heterocycles. The molecule has 1 saturated carbocycles. The van der Waals surface area contributed by atoms with Gasteiger partial charge >= 0.3 is 0 Å². The van der Waals surface area contributed by atoms with E-state index in [9.17, 15) is 4.79 Å². The number of hydrogen-bond acceptors (Lipinski definition) is 4. The van der Waals surface area contributed by atoms with Crippen molar-refractivity contribution in [1.82, 2.24) is 20.2 Å². The Kier molecular flexibility index (Phi) is 4.35. The number of H-pyrrole nitrogens is 1. The second-order valence-electron chi connectivity index (χ2n) is 7.64. The van der Waals surface area contributed by atoms with Gasteiger partial charge < -0.3 is 14.6 Å². The van der Waals surface area contributed by atoms with Gasteiger partial charge in [-0.3, -0.25) is 10.1 Å². The molecule has 1 spiro atoms. The lowest BCUT2D eigenvalue weighted by atomic mass is 9.84. The average Bonchev–Trinajstić information content (AvgIpc) is 3.25. The number of rotatable bonds is 3. The minimum atomic E-state index is -0.116. The monoisotopic (exact) mass is 332 g/mol. The van der Waals surface area contributed by atoms with Crippen LogP contribution in [0.4, 0.5) is 0 Å². The van der Waals surface area contributed by atoms with Crippen molar-refractivity contribution in [1.29, 1.82) is 0 Å². The van der Waals surface area contributed by atoms with E-state index in [4.69, 9.17) is 4.74 Å². The quantitative estimate of drug-likeness (QED) is 0.882. The minimum absolute atomic E-state index is 0.0811. The zero-order chi connectivity index (χ0) is 16.6. The number of carbonyl (C=O) groups excluding carboxylic acids is 1. The van der Waals surface area contributed by atoms with Gasteiger partial charge in [-0.1, -0.05) is 12.8 Å². The van der Waals surface area contributed by atoms with Crippen LogP contribution in [0.3, 0.4) is 0 Å². The van der Waals surface area contributed by atoms with Crippen molar-refractivity contribution in [2.45, 2.75) is 56.5 Å². The highest BCUT2D eigenvalue weighted by Gasteiger charge is 2.46.